The first-order chi connectivity index (χ1) is 10.1. The van der Waals surface area contributed by atoms with E-state index in [1.807, 2.05) is 25.2 Å². The fraction of sp³-hybridized carbons (Fsp3) is 0.562. The summed E-state index contributed by atoms with van der Waals surface area (Å²) < 4.78 is 6.74. The van der Waals surface area contributed by atoms with E-state index in [1.54, 1.807) is 6.92 Å². The second-order valence-electron chi connectivity index (χ2n) is 5.04. The van der Waals surface area contributed by atoms with E-state index in [1.165, 1.54) is 0 Å². The third-order valence-corrected chi connectivity index (χ3v) is 3.92. The highest BCUT2D eigenvalue weighted by atomic mass is 79.9. The first-order valence-corrected chi connectivity index (χ1v) is 8.25. The second kappa shape index (κ2) is 9.79. The quantitative estimate of drug-likeness (QED) is 0.667. The van der Waals surface area contributed by atoms with Crippen molar-refractivity contribution in [3.63, 3.8) is 0 Å². The zero-order valence-electron chi connectivity index (χ0n) is 13.0. The third kappa shape index (κ3) is 6.48. The summed E-state index contributed by atoms with van der Waals surface area (Å²) in [5, 5.41) is 6.01. The van der Waals surface area contributed by atoms with Crippen LogP contribution in [0.1, 0.15) is 38.7 Å². The lowest BCUT2D eigenvalue weighted by atomic mass is 10.2. The molecule has 0 aliphatic heterocycles. The van der Waals surface area contributed by atoms with Crippen LogP contribution in [0.4, 0.5) is 0 Å². The van der Waals surface area contributed by atoms with Gasteiger partial charge in [0, 0.05) is 17.6 Å². The number of amides is 1. The van der Waals surface area contributed by atoms with E-state index in [4.69, 9.17) is 4.74 Å². The number of benzene rings is 1. The highest BCUT2D eigenvalue weighted by molar-refractivity contribution is 9.10. The maximum absolute atomic E-state index is 11.9. The van der Waals surface area contributed by atoms with E-state index < -0.39 is 6.10 Å². The smallest absolute Gasteiger partial charge is 0.260 e. The van der Waals surface area contributed by atoms with Crippen LogP contribution in [-0.2, 0) is 11.3 Å². The zero-order valence-corrected chi connectivity index (χ0v) is 14.6. The lowest BCUT2D eigenvalue weighted by Gasteiger charge is -2.16. The molecule has 118 valence electrons. The van der Waals surface area contributed by atoms with Crippen molar-refractivity contribution in [3.8, 4) is 5.75 Å². The van der Waals surface area contributed by atoms with Crippen LogP contribution in [0, 0.1) is 0 Å². The van der Waals surface area contributed by atoms with E-state index in [-0.39, 0.29) is 5.91 Å². The molecule has 2 N–H and O–H groups in total. The summed E-state index contributed by atoms with van der Waals surface area (Å²) in [4.78, 5) is 11.9. The minimum absolute atomic E-state index is 0.0656. The molecule has 0 bridgehead atoms. The van der Waals surface area contributed by atoms with Gasteiger partial charge in [-0.25, -0.2) is 0 Å². The summed E-state index contributed by atoms with van der Waals surface area (Å²) in [6.45, 7) is 5.37. The predicted octanol–water partition coefficient (Wildman–Crippen LogP) is 3.24. The molecule has 0 saturated heterocycles. The first-order valence-electron chi connectivity index (χ1n) is 7.45. The Morgan fingerprint density at radius 3 is 2.81 bits per heavy atom. The molecule has 1 amide bonds. The Morgan fingerprint density at radius 2 is 2.14 bits per heavy atom. The molecule has 1 rings (SSSR count). The average Bonchev–Trinajstić information content (AvgIpc) is 2.47. The van der Waals surface area contributed by atoms with E-state index in [2.05, 4.69) is 33.5 Å². The molecule has 1 aromatic carbocycles. The van der Waals surface area contributed by atoms with Crippen LogP contribution >= 0.6 is 15.9 Å². The van der Waals surface area contributed by atoms with Gasteiger partial charge < -0.3 is 15.4 Å². The average molecular weight is 357 g/mol. The van der Waals surface area contributed by atoms with Crippen LogP contribution in [0.25, 0.3) is 0 Å². The number of hydrogen-bond donors (Lipinski definition) is 2. The molecule has 1 atom stereocenters. The maximum atomic E-state index is 11.9. The number of nitrogens with one attached hydrogen (secondary N) is 2. The van der Waals surface area contributed by atoms with Gasteiger partial charge in [0.05, 0.1) is 0 Å². The Kier molecular flexibility index (Phi) is 8.38. The summed E-state index contributed by atoms with van der Waals surface area (Å²) in [5.74, 6) is 0.642. The molecule has 0 fully saturated rings. The van der Waals surface area contributed by atoms with Crippen LogP contribution in [-0.4, -0.2) is 25.6 Å². The Hall–Kier alpha value is -1.07. The number of carbonyl (C=O) groups excluding carboxylic acids is 1. The Bertz CT molecular complexity index is 452. The van der Waals surface area contributed by atoms with Gasteiger partial charge >= 0.3 is 0 Å². The minimum atomic E-state index is -0.491. The van der Waals surface area contributed by atoms with Crippen molar-refractivity contribution in [2.45, 2.75) is 45.8 Å². The van der Waals surface area contributed by atoms with Gasteiger partial charge in [-0.05, 0) is 44.2 Å². The molecule has 21 heavy (non-hydrogen) atoms. The summed E-state index contributed by atoms with van der Waals surface area (Å²) >= 11 is 3.50. The van der Waals surface area contributed by atoms with Crippen LogP contribution in [0.3, 0.4) is 0 Å². The molecule has 0 spiro atoms. The van der Waals surface area contributed by atoms with Crippen molar-refractivity contribution in [2.75, 3.05) is 13.6 Å². The summed E-state index contributed by atoms with van der Waals surface area (Å²) in [6, 6.07) is 5.75. The SMILES string of the molecule is CCCCCNC(=O)C(C)Oc1ccc(Br)c(CNC)c1. The van der Waals surface area contributed by atoms with Crippen LogP contribution in [0.15, 0.2) is 22.7 Å². The molecule has 1 aromatic rings. The monoisotopic (exact) mass is 356 g/mol. The maximum Gasteiger partial charge on any atom is 0.260 e. The summed E-state index contributed by atoms with van der Waals surface area (Å²) in [6.07, 6.45) is 2.81. The van der Waals surface area contributed by atoms with E-state index in [9.17, 15) is 4.79 Å². The van der Waals surface area contributed by atoms with Gasteiger partial charge in [0.1, 0.15) is 5.75 Å². The Morgan fingerprint density at radius 1 is 1.38 bits per heavy atom. The lowest BCUT2D eigenvalue weighted by molar-refractivity contribution is -0.127. The minimum Gasteiger partial charge on any atom is -0.481 e. The van der Waals surface area contributed by atoms with Gasteiger partial charge in [0.25, 0.3) is 5.91 Å². The number of halogens is 1. The summed E-state index contributed by atoms with van der Waals surface area (Å²) in [7, 11) is 1.90. The largest absolute Gasteiger partial charge is 0.481 e. The number of ether oxygens (including phenoxy) is 1. The Balaban J connectivity index is 2.51. The van der Waals surface area contributed by atoms with Gasteiger partial charge in [-0.1, -0.05) is 35.7 Å². The van der Waals surface area contributed by atoms with E-state index >= 15 is 0 Å². The van der Waals surface area contributed by atoms with Crippen molar-refractivity contribution in [1.29, 1.82) is 0 Å². The Labute approximate surface area is 135 Å². The van der Waals surface area contributed by atoms with Crippen molar-refractivity contribution in [2.24, 2.45) is 0 Å². The molecule has 4 nitrogen and oxygen atoms in total. The van der Waals surface area contributed by atoms with Crippen molar-refractivity contribution in [3.05, 3.63) is 28.2 Å². The first kappa shape index (κ1) is 18.0. The van der Waals surface area contributed by atoms with Crippen molar-refractivity contribution < 1.29 is 9.53 Å². The molecule has 0 aliphatic rings. The zero-order chi connectivity index (χ0) is 15.7. The molecular weight excluding hydrogens is 332 g/mol. The van der Waals surface area contributed by atoms with Gasteiger partial charge in [-0.3, -0.25) is 4.79 Å². The lowest BCUT2D eigenvalue weighted by Crippen LogP contribution is -2.36. The van der Waals surface area contributed by atoms with Gasteiger partial charge in [-0.15, -0.1) is 0 Å². The topological polar surface area (TPSA) is 50.4 Å². The fourth-order valence-electron chi connectivity index (χ4n) is 1.94. The van der Waals surface area contributed by atoms with Crippen molar-refractivity contribution in [1.82, 2.24) is 10.6 Å². The molecule has 1 unspecified atom stereocenters. The van der Waals surface area contributed by atoms with E-state index in [0.717, 1.165) is 35.8 Å². The normalized spacial score (nSPS) is 12.0. The number of carbonyl (C=O) groups is 1. The molecule has 0 heterocycles. The number of hydrogen-bond acceptors (Lipinski definition) is 3. The highest BCUT2D eigenvalue weighted by Crippen LogP contribution is 2.23. The molecule has 0 aliphatic carbocycles. The second-order valence-corrected chi connectivity index (χ2v) is 5.90. The van der Waals surface area contributed by atoms with Gasteiger partial charge in [0.15, 0.2) is 6.10 Å². The highest BCUT2D eigenvalue weighted by Gasteiger charge is 2.14. The van der Waals surface area contributed by atoms with Crippen molar-refractivity contribution >= 4 is 21.8 Å². The predicted molar refractivity (Wildman–Crippen MR) is 89.5 cm³/mol. The van der Waals surface area contributed by atoms with Crippen LogP contribution in [0.5, 0.6) is 5.75 Å². The molecule has 5 heteroatoms. The number of rotatable bonds is 9. The standard InChI is InChI=1S/C16H25BrN2O2/c1-4-5-6-9-19-16(20)12(2)21-14-7-8-15(17)13(10-14)11-18-3/h7-8,10,12,18H,4-6,9,11H2,1-3H3,(H,19,20). The molecular formula is C16H25BrN2O2. The van der Waals surface area contributed by atoms with Crippen LogP contribution in [0.2, 0.25) is 0 Å². The van der Waals surface area contributed by atoms with Gasteiger partial charge in [0.2, 0.25) is 0 Å². The number of unbranched alkanes of at least 4 members (excludes halogenated alkanes) is 2. The van der Waals surface area contributed by atoms with E-state index in [0.29, 0.717) is 12.3 Å². The molecule has 0 saturated carbocycles. The van der Waals surface area contributed by atoms with Gasteiger partial charge in [-0.2, -0.15) is 0 Å². The summed E-state index contributed by atoms with van der Waals surface area (Å²) in [5.41, 5.74) is 1.10. The third-order valence-electron chi connectivity index (χ3n) is 3.15. The molecule has 0 aromatic heterocycles. The molecule has 0 radical (unpaired) electrons. The van der Waals surface area contributed by atoms with Crippen LogP contribution < -0.4 is 15.4 Å². The fourth-order valence-corrected chi connectivity index (χ4v) is 2.33.